The number of halogens is 1. The highest BCUT2D eigenvalue weighted by atomic mass is 35.5. The van der Waals surface area contributed by atoms with Gasteiger partial charge in [0, 0.05) is 12.3 Å². The van der Waals surface area contributed by atoms with Gasteiger partial charge in [0.05, 0.1) is 22.2 Å². The Labute approximate surface area is 129 Å². The zero-order chi connectivity index (χ0) is 15.5. The van der Waals surface area contributed by atoms with Gasteiger partial charge in [-0.2, -0.15) is 17.6 Å². The van der Waals surface area contributed by atoms with E-state index in [2.05, 4.69) is 5.10 Å². The summed E-state index contributed by atoms with van der Waals surface area (Å²) in [6.07, 6.45) is 3.28. The lowest BCUT2D eigenvalue weighted by atomic mass is 10.3. The minimum absolute atomic E-state index is 0.0986. The molecule has 1 aromatic heterocycles. The van der Waals surface area contributed by atoms with Crippen molar-refractivity contribution in [2.75, 3.05) is 6.61 Å². The molecule has 0 unspecified atom stereocenters. The number of benzene rings is 1. The average Bonchev–Trinajstić information content (AvgIpc) is 2.88. The second kappa shape index (κ2) is 6.49. The topological polar surface area (TPSA) is 61.2 Å². The molecule has 0 fully saturated rings. The molecule has 21 heavy (non-hydrogen) atoms. The Morgan fingerprint density at radius 3 is 2.71 bits per heavy atom. The molecular formula is C14H17ClN2O3S. The van der Waals surface area contributed by atoms with Crippen LogP contribution in [0.1, 0.15) is 25.5 Å². The van der Waals surface area contributed by atoms with Crippen molar-refractivity contribution in [1.82, 2.24) is 9.19 Å². The summed E-state index contributed by atoms with van der Waals surface area (Å²) in [4.78, 5) is 0.0986. The van der Waals surface area contributed by atoms with E-state index in [0.717, 1.165) is 16.9 Å². The zero-order valence-corrected chi connectivity index (χ0v) is 13.5. The fraction of sp³-hybridized carbons (Fsp3) is 0.357. The van der Waals surface area contributed by atoms with E-state index in [0.29, 0.717) is 23.1 Å². The lowest BCUT2D eigenvalue weighted by molar-refractivity contribution is 0.309. The fourth-order valence-corrected chi connectivity index (χ4v) is 3.06. The van der Waals surface area contributed by atoms with Gasteiger partial charge < -0.3 is 4.74 Å². The normalized spacial score (nSPS) is 11.6. The van der Waals surface area contributed by atoms with Crippen molar-refractivity contribution in [3.63, 3.8) is 0 Å². The summed E-state index contributed by atoms with van der Waals surface area (Å²) in [5.74, 6) is 0.370. The third kappa shape index (κ3) is 3.57. The predicted octanol–water partition coefficient (Wildman–Crippen LogP) is 3.26. The first-order valence-corrected chi connectivity index (χ1v) is 8.47. The number of hydrogen-bond donors (Lipinski definition) is 0. The highest BCUT2D eigenvalue weighted by Crippen LogP contribution is 2.28. The summed E-state index contributed by atoms with van der Waals surface area (Å²) in [5, 5.41) is 4.33. The number of ether oxygens (including phenoxy) is 1. The summed E-state index contributed by atoms with van der Waals surface area (Å²) in [7, 11) is -3.72. The van der Waals surface area contributed by atoms with E-state index in [9.17, 15) is 8.42 Å². The standard InChI is InChI=1S/C14H17ClN2O3S/c1-3-4-9-20-14-10-12(5-6-13(14)15)21(18,19)17-8-7-11(2)16-17/h5-8,10H,3-4,9H2,1-2H3. The Hall–Kier alpha value is -1.53. The maximum Gasteiger partial charge on any atom is 0.283 e. The van der Waals surface area contributed by atoms with E-state index >= 15 is 0 Å². The smallest absolute Gasteiger partial charge is 0.283 e. The lowest BCUT2D eigenvalue weighted by Gasteiger charge is -2.10. The zero-order valence-electron chi connectivity index (χ0n) is 11.9. The fourth-order valence-electron chi connectivity index (χ4n) is 1.72. The van der Waals surface area contributed by atoms with Gasteiger partial charge in [-0.25, -0.2) is 0 Å². The van der Waals surface area contributed by atoms with Crippen molar-refractivity contribution in [2.24, 2.45) is 0 Å². The van der Waals surface area contributed by atoms with Crippen LogP contribution in [0.25, 0.3) is 0 Å². The molecule has 0 saturated heterocycles. The SMILES string of the molecule is CCCCOc1cc(S(=O)(=O)n2ccc(C)n2)ccc1Cl. The molecule has 114 valence electrons. The van der Waals surface area contributed by atoms with Crippen LogP contribution in [0.3, 0.4) is 0 Å². The van der Waals surface area contributed by atoms with Gasteiger partial charge in [-0.3, -0.25) is 0 Å². The Morgan fingerprint density at radius 1 is 1.33 bits per heavy atom. The number of aryl methyl sites for hydroxylation is 1. The van der Waals surface area contributed by atoms with Crippen LogP contribution in [0.5, 0.6) is 5.75 Å². The summed E-state index contributed by atoms with van der Waals surface area (Å²) in [6, 6.07) is 6.03. The van der Waals surface area contributed by atoms with Gasteiger partial charge in [0.25, 0.3) is 10.0 Å². The van der Waals surface area contributed by atoms with Crippen LogP contribution in [0.2, 0.25) is 5.02 Å². The van der Waals surface area contributed by atoms with Crippen molar-refractivity contribution < 1.29 is 13.2 Å². The number of rotatable bonds is 6. The van der Waals surface area contributed by atoms with Gasteiger partial charge in [0.2, 0.25) is 0 Å². The molecule has 1 heterocycles. The monoisotopic (exact) mass is 328 g/mol. The molecule has 0 N–H and O–H groups in total. The first-order chi connectivity index (χ1) is 9.95. The molecule has 1 aromatic carbocycles. The Kier molecular flexibility index (Phi) is 4.90. The van der Waals surface area contributed by atoms with Crippen LogP contribution in [0, 0.1) is 6.92 Å². The number of nitrogens with zero attached hydrogens (tertiary/aromatic N) is 2. The molecule has 2 aromatic rings. The molecule has 0 atom stereocenters. The van der Waals surface area contributed by atoms with Crippen LogP contribution < -0.4 is 4.74 Å². The summed E-state index contributed by atoms with van der Waals surface area (Å²) in [6.45, 7) is 4.28. The van der Waals surface area contributed by atoms with E-state index in [-0.39, 0.29) is 4.90 Å². The second-order valence-corrected chi connectivity index (χ2v) is 6.83. The third-order valence-electron chi connectivity index (χ3n) is 2.90. The van der Waals surface area contributed by atoms with Gasteiger partial charge in [-0.1, -0.05) is 24.9 Å². The molecule has 2 rings (SSSR count). The highest BCUT2D eigenvalue weighted by Gasteiger charge is 2.19. The number of aromatic nitrogens is 2. The number of unbranched alkanes of at least 4 members (excludes halogenated alkanes) is 1. The van der Waals surface area contributed by atoms with E-state index in [1.54, 1.807) is 13.0 Å². The van der Waals surface area contributed by atoms with E-state index in [1.807, 2.05) is 6.92 Å². The van der Waals surface area contributed by atoms with Crippen molar-refractivity contribution in [3.8, 4) is 5.75 Å². The highest BCUT2D eigenvalue weighted by molar-refractivity contribution is 7.89. The Bertz CT molecular complexity index is 726. The van der Waals surface area contributed by atoms with Crippen LogP contribution in [-0.2, 0) is 10.0 Å². The van der Waals surface area contributed by atoms with Crippen LogP contribution in [-0.4, -0.2) is 24.2 Å². The van der Waals surface area contributed by atoms with E-state index in [4.69, 9.17) is 16.3 Å². The Morgan fingerprint density at radius 2 is 2.10 bits per heavy atom. The van der Waals surface area contributed by atoms with Gasteiger partial charge in [-0.15, -0.1) is 0 Å². The van der Waals surface area contributed by atoms with Crippen LogP contribution in [0.4, 0.5) is 0 Å². The van der Waals surface area contributed by atoms with Gasteiger partial charge in [0.1, 0.15) is 5.75 Å². The lowest BCUT2D eigenvalue weighted by Crippen LogP contribution is -2.14. The minimum atomic E-state index is -3.72. The van der Waals surface area contributed by atoms with Crippen LogP contribution in [0.15, 0.2) is 35.4 Å². The van der Waals surface area contributed by atoms with E-state index in [1.165, 1.54) is 24.4 Å². The first-order valence-electron chi connectivity index (χ1n) is 6.65. The number of hydrogen-bond acceptors (Lipinski definition) is 4. The van der Waals surface area contributed by atoms with Crippen molar-refractivity contribution >= 4 is 21.6 Å². The molecule has 0 spiro atoms. The van der Waals surface area contributed by atoms with Crippen molar-refractivity contribution in [3.05, 3.63) is 41.2 Å². The maximum absolute atomic E-state index is 12.4. The molecule has 0 aliphatic heterocycles. The Balaban J connectivity index is 2.33. The van der Waals surface area contributed by atoms with E-state index < -0.39 is 10.0 Å². The molecular weight excluding hydrogens is 312 g/mol. The average molecular weight is 329 g/mol. The molecule has 0 amide bonds. The van der Waals surface area contributed by atoms with Crippen molar-refractivity contribution in [1.29, 1.82) is 0 Å². The third-order valence-corrected chi connectivity index (χ3v) is 4.76. The molecule has 5 nitrogen and oxygen atoms in total. The molecule has 0 radical (unpaired) electrons. The largest absolute Gasteiger partial charge is 0.492 e. The predicted molar refractivity (Wildman–Crippen MR) is 81.4 cm³/mol. The molecule has 7 heteroatoms. The molecule has 0 bridgehead atoms. The van der Waals surface area contributed by atoms with Gasteiger partial charge >= 0.3 is 0 Å². The maximum atomic E-state index is 12.4. The van der Waals surface area contributed by atoms with Crippen LogP contribution >= 0.6 is 11.6 Å². The quantitative estimate of drug-likeness (QED) is 0.764. The van der Waals surface area contributed by atoms with Gasteiger partial charge in [0.15, 0.2) is 0 Å². The van der Waals surface area contributed by atoms with Gasteiger partial charge in [-0.05, 0) is 31.5 Å². The summed E-state index contributed by atoms with van der Waals surface area (Å²) >= 11 is 6.03. The van der Waals surface area contributed by atoms with Crippen molar-refractivity contribution in [2.45, 2.75) is 31.6 Å². The molecule has 0 aliphatic carbocycles. The molecule has 0 aliphatic rings. The summed E-state index contributed by atoms with van der Waals surface area (Å²) < 4.78 is 31.4. The first kappa shape index (κ1) is 15.9. The molecule has 0 saturated carbocycles. The summed E-state index contributed by atoms with van der Waals surface area (Å²) in [5.41, 5.74) is 0.631. The minimum Gasteiger partial charge on any atom is -0.492 e. The second-order valence-electron chi connectivity index (χ2n) is 4.63.